The van der Waals surface area contributed by atoms with E-state index in [1.165, 1.54) is 0 Å². The Morgan fingerprint density at radius 3 is 2.42 bits per heavy atom. The standard InChI is InChI=1S/C11H26N4O3S/c1-11(2,10(12)15-16)6-4-5-7-13-8-9-14-19(3,17)18/h13-14,16H,4-9H2,1-3H3,(H2,12,15). The summed E-state index contributed by atoms with van der Waals surface area (Å²) in [6, 6.07) is 0. The molecule has 0 saturated heterocycles. The van der Waals surface area contributed by atoms with Gasteiger partial charge in [-0.25, -0.2) is 13.1 Å². The lowest BCUT2D eigenvalue weighted by Gasteiger charge is -2.22. The van der Waals surface area contributed by atoms with E-state index >= 15 is 0 Å². The van der Waals surface area contributed by atoms with Crippen LogP contribution in [0.15, 0.2) is 5.16 Å². The zero-order chi connectivity index (χ0) is 14.9. The molecule has 5 N–H and O–H groups in total. The van der Waals surface area contributed by atoms with Gasteiger partial charge < -0.3 is 16.3 Å². The molecule has 0 heterocycles. The molecule has 0 fully saturated rings. The van der Waals surface area contributed by atoms with Crippen molar-refractivity contribution in [1.29, 1.82) is 0 Å². The first-order valence-electron chi connectivity index (χ1n) is 6.32. The van der Waals surface area contributed by atoms with Gasteiger partial charge in [0.25, 0.3) is 0 Å². The maximum absolute atomic E-state index is 10.8. The van der Waals surface area contributed by atoms with E-state index in [2.05, 4.69) is 15.2 Å². The van der Waals surface area contributed by atoms with Crippen molar-refractivity contribution in [1.82, 2.24) is 10.0 Å². The number of amidine groups is 1. The topological polar surface area (TPSA) is 117 Å². The Labute approximate surface area is 115 Å². The second-order valence-electron chi connectivity index (χ2n) is 5.24. The Morgan fingerprint density at radius 2 is 1.89 bits per heavy atom. The number of nitrogens with zero attached hydrogens (tertiary/aromatic N) is 1. The second-order valence-corrected chi connectivity index (χ2v) is 7.08. The van der Waals surface area contributed by atoms with E-state index in [0.717, 1.165) is 32.1 Å². The van der Waals surface area contributed by atoms with Crippen molar-refractivity contribution >= 4 is 15.9 Å². The number of nitrogens with two attached hydrogens (primary N) is 1. The molecule has 0 amide bonds. The van der Waals surface area contributed by atoms with Gasteiger partial charge in [0.1, 0.15) is 5.84 Å². The maximum Gasteiger partial charge on any atom is 0.208 e. The van der Waals surface area contributed by atoms with E-state index in [0.29, 0.717) is 13.1 Å². The number of hydrogen-bond donors (Lipinski definition) is 4. The maximum atomic E-state index is 10.8. The van der Waals surface area contributed by atoms with Crippen molar-refractivity contribution in [2.45, 2.75) is 33.1 Å². The average Bonchev–Trinajstić information content (AvgIpc) is 2.30. The highest BCUT2D eigenvalue weighted by Gasteiger charge is 2.22. The number of unbranched alkanes of at least 4 members (excludes halogenated alkanes) is 1. The predicted molar refractivity (Wildman–Crippen MR) is 76.8 cm³/mol. The van der Waals surface area contributed by atoms with Crippen molar-refractivity contribution in [3.63, 3.8) is 0 Å². The van der Waals surface area contributed by atoms with Crippen molar-refractivity contribution in [3.05, 3.63) is 0 Å². The van der Waals surface area contributed by atoms with E-state index in [4.69, 9.17) is 10.9 Å². The van der Waals surface area contributed by atoms with Gasteiger partial charge in [0, 0.05) is 18.5 Å². The molecule has 0 aromatic heterocycles. The summed E-state index contributed by atoms with van der Waals surface area (Å²) in [5.74, 6) is 0.248. The van der Waals surface area contributed by atoms with Crippen LogP contribution in [0.1, 0.15) is 33.1 Å². The summed E-state index contributed by atoms with van der Waals surface area (Å²) in [6.45, 7) is 5.69. The van der Waals surface area contributed by atoms with Gasteiger partial charge in [-0.1, -0.05) is 25.4 Å². The number of rotatable bonds is 10. The fraction of sp³-hybridized carbons (Fsp3) is 0.909. The molecule has 0 bridgehead atoms. The number of sulfonamides is 1. The summed E-state index contributed by atoms with van der Waals surface area (Å²) >= 11 is 0. The van der Waals surface area contributed by atoms with Gasteiger partial charge >= 0.3 is 0 Å². The average molecular weight is 294 g/mol. The Kier molecular flexibility index (Phi) is 7.96. The molecule has 7 nitrogen and oxygen atoms in total. The summed E-state index contributed by atoms with van der Waals surface area (Å²) in [4.78, 5) is 0. The Balaban J connectivity index is 3.56. The molecule has 114 valence electrons. The summed E-state index contributed by atoms with van der Waals surface area (Å²) in [5.41, 5.74) is 5.29. The number of oxime groups is 1. The minimum atomic E-state index is -3.09. The van der Waals surface area contributed by atoms with Crippen molar-refractivity contribution < 1.29 is 13.6 Å². The van der Waals surface area contributed by atoms with Crippen molar-refractivity contribution in [3.8, 4) is 0 Å². The van der Waals surface area contributed by atoms with Crippen LogP contribution in [-0.4, -0.2) is 45.4 Å². The lowest BCUT2D eigenvalue weighted by Crippen LogP contribution is -2.32. The van der Waals surface area contributed by atoms with Crippen molar-refractivity contribution in [2.75, 3.05) is 25.9 Å². The third-order valence-electron chi connectivity index (χ3n) is 2.87. The van der Waals surface area contributed by atoms with Crippen LogP contribution in [-0.2, 0) is 10.0 Å². The molecular formula is C11H26N4O3S. The van der Waals surface area contributed by atoms with Gasteiger partial charge in [-0.3, -0.25) is 0 Å². The van der Waals surface area contributed by atoms with Gasteiger partial charge in [-0.05, 0) is 19.4 Å². The summed E-state index contributed by atoms with van der Waals surface area (Å²) in [5, 5.41) is 14.8. The molecule has 0 unspecified atom stereocenters. The molecule has 0 aliphatic heterocycles. The first-order chi connectivity index (χ1) is 8.69. The minimum absolute atomic E-state index is 0.248. The third kappa shape index (κ3) is 9.69. The van der Waals surface area contributed by atoms with E-state index in [-0.39, 0.29) is 11.3 Å². The first-order valence-corrected chi connectivity index (χ1v) is 8.21. The Hall–Kier alpha value is -0.860. The molecule has 0 aromatic rings. The predicted octanol–water partition coefficient (Wildman–Crippen LogP) is 0.0681. The SMILES string of the molecule is CC(C)(CCCCNCCNS(C)(=O)=O)C(N)=NO. The van der Waals surface area contributed by atoms with Crippen LogP contribution in [0.4, 0.5) is 0 Å². The Bertz CT molecular complexity index is 379. The first kappa shape index (κ1) is 18.1. The number of hydrogen-bond acceptors (Lipinski definition) is 5. The van der Waals surface area contributed by atoms with Crippen LogP contribution in [0.25, 0.3) is 0 Å². The summed E-state index contributed by atoms with van der Waals surface area (Å²) < 4.78 is 24.0. The molecular weight excluding hydrogens is 268 g/mol. The van der Waals surface area contributed by atoms with Crippen molar-refractivity contribution in [2.24, 2.45) is 16.3 Å². The smallest absolute Gasteiger partial charge is 0.208 e. The quantitative estimate of drug-likeness (QED) is 0.149. The van der Waals surface area contributed by atoms with Gasteiger partial charge in [0.2, 0.25) is 10.0 Å². The van der Waals surface area contributed by atoms with E-state index in [1.54, 1.807) is 0 Å². The largest absolute Gasteiger partial charge is 0.409 e. The van der Waals surface area contributed by atoms with Gasteiger partial charge in [0.05, 0.1) is 6.26 Å². The van der Waals surface area contributed by atoms with Gasteiger partial charge in [0.15, 0.2) is 0 Å². The molecule has 0 spiro atoms. The molecule has 19 heavy (non-hydrogen) atoms. The van der Waals surface area contributed by atoms with Gasteiger partial charge in [-0.15, -0.1) is 0 Å². The highest BCUT2D eigenvalue weighted by atomic mass is 32.2. The normalized spacial score (nSPS) is 13.7. The Morgan fingerprint density at radius 1 is 1.26 bits per heavy atom. The fourth-order valence-electron chi connectivity index (χ4n) is 1.53. The lowest BCUT2D eigenvalue weighted by atomic mass is 9.86. The van der Waals surface area contributed by atoms with Crippen LogP contribution < -0.4 is 15.8 Å². The lowest BCUT2D eigenvalue weighted by molar-refractivity contribution is 0.304. The van der Waals surface area contributed by atoms with E-state index < -0.39 is 10.0 Å². The molecule has 0 aliphatic carbocycles. The molecule has 0 rings (SSSR count). The molecule has 0 aromatic carbocycles. The van der Waals surface area contributed by atoms with E-state index in [9.17, 15) is 8.42 Å². The minimum Gasteiger partial charge on any atom is -0.409 e. The second kappa shape index (κ2) is 8.34. The van der Waals surface area contributed by atoms with E-state index in [1.807, 2.05) is 13.8 Å². The van der Waals surface area contributed by atoms with Crippen LogP contribution >= 0.6 is 0 Å². The van der Waals surface area contributed by atoms with Crippen LogP contribution in [0.5, 0.6) is 0 Å². The fourth-order valence-corrected chi connectivity index (χ4v) is 2.00. The monoisotopic (exact) mass is 294 g/mol. The molecule has 0 atom stereocenters. The van der Waals surface area contributed by atoms with Crippen LogP contribution in [0, 0.1) is 5.41 Å². The summed E-state index contributed by atoms with van der Waals surface area (Å²) in [7, 11) is -3.09. The zero-order valence-corrected chi connectivity index (χ0v) is 12.8. The molecule has 0 saturated carbocycles. The molecule has 8 heteroatoms. The summed E-state index contributed by atoms with van der Waals surface area (Å²) in [6.07, 6.45) is 3.89. The molecule has 0 radical (unpaired) electrons. The van der Waals surface area contributed by atoms with Gasteiger partial charge in [-0.2, -0.15) is 0 Å². The van der Waals surface area contributed by atoms with Crippen LogP contribution in [0.3, 0.4) is 0 Å². The zero-order valence-electron chi connectivity index (χ0n) is 11.9. The highest BCUT2D eigenvalue weighted by molar-refractivity contribution is 7.88. The number of nitrogens with one attached hydrogen (secondary N) is 2. The third-order valence-corrected chi connectivity index (χ3v) is 3.60. The molecule has 0 aliphatic rings. The highest BCUT2D eigenvalue weighted by Crippen LogP contribution is 2.22. The van der Waals surface area contributed by atoms with Crippen LogP contribution in [0.2, 0.25) is 0 Å².